The minimum absolute atomic E-state index is 0.237. The van der Waals surface area contributed by atoms with Gasteiger partial charge in [0.15, 0.2) is 0 Å². The van der Waals surface area contributed by atoms with Crippen molar-refractivity contribution in [2.24, 2.45) is 5.92 Å². The van der Waals surface area contributed by atoms with Gasteiger partial charge in [-0.3, -0.25) is 0 Å². The lowest BCUT2D eigenvalue weighted by molar-refractivity contribution is -0.141. The third-order valence-corrected chi connectivity index (χ3v) is 2.62. The van der Waals surface area contributed by atoms with Crippen LogP contribution in [0.1, 0.15) is 20.3 Å². The first-order chi connectivity index (χ1) is 8.56. The molecule has 0 fully saturated rings. The molecule has 1 rings (SSSR count). The Hall–Kier alpha value is -1.71. The smallest absolute Gasteiger partial charge is 0.328 e. The Balaban J connectivity index is 2.72. The maximum atomic E-state index is 11.7. The van der Waals surface area contributed by atoms with Gasteiger partial charge in [-0.2, -0.15) is 0 Å². The van der Waals surface area contributed by atoms with Gasteiger partial charge in [-0.05, 0) is 36.6 Å². The van der Waals surface area contributed by atoms with Crippen molar-refractivity contribution >= 4 is 11.7 Å². The SMILES string of the molecule is COC(=O)[C@H](CC(C)C)Nc1ccc(OC)cc1. The molecule has 0 saturated heterocycles. The van der Waals surface area contributed by atoms with Gasteiger partial charge in [0.05, 0.1) is 14.2 Å². The first-order valence-electron chi connectivity index (χ1n) is 6.05. The Bertz CT molecular complexity index is 373. The first-order valence-corrected chi connectivity index (χ1v) is 6.05. The average molecular weight is 251 g/mol. The molecule has 100 valence electrons. The van der Waals surface area contributed by atoms with E-state index in [0.717, 1.165) is 17.9 Å². The highest BCUT2D eigenvalue weighted by Crippen LogP contribution is 2.18. The van der Waals surface area contributed by atoms with Crippen LogP contribution in [0.3, 0.4) is 0 Å². The molecule has 0 aliphatic carbocycles. The molecule has 1 atom stereocenters. The minimum atomic E-state index is -0.316. The Kier molecular flexibility index (Phi) is 5.49. The minimum Gasteiger partial charge on any atom is -0.497 e. The monoisotopic (exact) mass is 251 g/mol. The van der Waals surface area contributed by atoms with Gasteiger partial charge in [0.25, 0.3) is 0 Å². The highest BCUT2D eigenvalue weighted by atomic mass is 16.5. The van der Waals surface area contributed by atoms with Crippen LogP contribution in [0.5, 0.6) is 5.75 Å². The van der Waals surface area contributed by atoms with E-state index in [1.165, 1.54) is 7.11 Å². The van der Waals surface area contributed by atoms with Crippen molar-refractivity contribution < 1.29 is 14.3 Å². The van der Waals surface area contributed by atoms with E-state index in [1.807, 2.05) is 24.3 Å². The highest BCUT2D eigenvalue weighted by molar-refractivity contribution is 5.79. The van der Waals surface area contributed by atoms with E-state index in [2.05, 4.69) is 19.2 Å². The van der Waals surface area contributed by atoms with Crippen LogP contribution in [-0.4, -0.2) is 26.2 Å². The predicted octanol–water partition coefficient (Wildman–Crippen LogP) is 2.69. The van der Waals surface area contributed by atoms with Crippen LogP contribution >= 0.6 is 0 Å². The van der Waals surface area contributed by atoms with Gasteiger partial charge < -0.3 is 14.8 Å². The summed E-state index contributed by atoms with van der Waals surface area (Å²) in [4.78, 5) is 11.7. The molecular weight excluding hydrogens is 230 g/mol. The lowest BCUT2D eigenvalue weighted by Gasteiger charge is -2.19. The molecule has 0 unspecified atom stereocenters. The van der Waals surface area contributed by atoms with E-state index in [1.54, 1.807) is 7.11 Å². The highest BCUT2D eigenvalue weighted by Gasteiger charge is 2.20. The van der Waals surface area contributed by atoms with Crippen molar-refractivity contribution in [1.82, 2.24) is 0 Å². The maximum absolute atomic E-state index is 11.7. The molecular formula is C14H21NO3. The van der Waals surface area contributed by atoms with Gasteiger partial charge in [-0.15, -0.1) is 0 Å². The zero-order valence-electron chi connectivity index (χ0n) is 11.4. The maximum Gasteiger partial charge on any atom is 0.328 e. The third-order valence-electron chi connectivity index (χ3n) is 2.62. The summed E-state index contributed by atoms with van der Waals surface area (Å²) < 4.78 is 9.89. The lowest BCUT2D eigenvalue weighted by Crippen LogP contribution is -2.32. The number of hydrogen-bond acceptors (Lipinski definition) is 4. The molecule has 1 N–H and O–H groups in total. The normalized spacial score (nSPS) is 12.1. The summed E-state index contributed by atoms with van der Waals surface area (Å²) in [6.45, 7) is 4.15. The number of methoxy groups -OCH3 is 2. The van der Waals surface area contributed by atoms with Crippen LogP contribution in [0.15, 0.2) is 24.3 Å². The Morgan fingerprint density at radius 2 is 1.83 bits per heavy atom. The number of anilines is 1. The number of nitrogens with one attached hydrogen (secondary N) is 1. The van der Waals surface area contributed by atoms with Gasteiger partial charge in [0.2, 0.25) is 0 Å². The van der Waals surface area contributed by atoms with E-state index < -0.39 is 0 Å². The topological polar surface area (TPSA) is 47.6 Å². The molecule has 0 spiro atoms. The second-order valence-corrected chi connectivity index (χ2v) is 4.58. The largest absolute Gasteiger partial charge is 0.497 e. The van der Waals surface area contributed by atoms with E-state index in [-0.39, 0.29) is 12.0 Å². The number of esters is 1. The van der Waals surface area contributed by atoms with Gasteiger partial charge in [0.1, 0.15) is 11.8 Å². The summed E-state index contributed by atoms with van der Waals surface area (Å²) in [5, 5.41) is 3.18. The van der Waals surface area contributed by atoms with Crippen molar-refractivity contribution in [3.8, 4) is 5.75 Å². The fraction of sp³-hybridized carbons (Fsp3) is 0.500. The molecule has 0 amide bonds. The number of hydrogen-bond donors (Lipinski definition) is 1. The molecule has 0 aliphatic heterocycles. The molecule has 1 aromatic rings. The molecule has 4 heteroatoms. The summed E-state index contributed by atoms with van der Waals surface area (Å²) >= 11 is 0. The van der Waals surface area contributed by atoms with Gasteiger partial charge in [0, 0.05) is 5.69 Å². The predicted molar refractivity (Wildman–Crippen MR) is 71.9 cm³/mol. The Labute approximate surface area is 108 Å². The molecule has 0 aliphatic rings. The van der Waals surface area contributed by atoms with Gasteiger partial charge in [-0.1, -0.05) is 13.8 Å². The van der Waals surface area contributed by atoms with Crippen LogP contribution in [0.4, 0.5) is 5.69 Å². The zero-order chi connectivity index (χ0) is 13.5. The average Bonchev–Trinajstić information content (AvgIpc) is 2.37. The molecule has 0 saturated carbocycles. The Morgan fingerprint density at radius 3 is 2.28 bits per heavy atom. The first kappa shape index (κ1) is 14.4. The summed E-state index contributed by atoms with van der Waals surface area (Å²) in [6.07, 6.45) is 0.735. The van der Waals surface area contributed by atoms with Crippen molar-refractivity contribution in [2.75, 3.05) is 19.5 Å². The standard InChI is InChI=1S/C14H21NO3/c1-10(2)9-13(14(16)18-4)15-11-5-7-12(17-3)8-6-11/h5-8,10,13,15H,9H2,1-4H3/t13-/m0/s1. The summed E-state index contributed by atoms with van der Waals surface area (Å²) in [5.74, 6) is 0.971. The van der Waals surface area contributed by atoms with Crippen LogP contribution < -0.4 is 10.1 Å². The second-order valence-electron chi connectivity index (χ2n) is 4.58. The third kappa shape index (κ3) is 4.28. The molecule has 18 heavy (non-hydrogen) atoms. The van der Waals surface area contributed by atoms with Crippen LogP contribution in [-0.2, 0) is 9.53 Å². The summed E-state index contributed by atoms with van der Waals surface area (Å²) in [6, 6.07) is 7.16. The number of ether oxygens (including phenoxy) is 2. The second kappa shape index (κ2) is 6.89. The van der Waals surface area contributed by atoms with E-state index in [0.29, 0.717) is 5.92 Å². The summed E-state index contributed by atoms with van der Waals surface area (Å²) in [5.41, 5.74) is 0.881. The lowest BCUT2D eigenvalue weighted by atomic mass is 10.0. The number of carbonyl (C=O) groups excluding carboxylic acids is 1. The van der Waals surface area contributed by atoms with Crippen molar-refractivity contribution in [3.63, 3.8) is 0 Å². The van der Waals surface area contributed by atoms with Crippen LogP contribution in [0, 0.1) is 5.92 Å². The van der Waals surface area contributed by atoms with E-state index in [9.17, 15) is 4.79 Å². The van der Waals surface area contributed by atoms with Crippen LogP contribution in [0.2, 0.25) is 0 Å². The molecule has 0 bridgehead atoms. The van der Waals surface area contributed by atoms with Gasteiger partial charge in [-0.25, -0.2) is 4.79 Å². The molecule has 4 nitrogen and oxygen atoms in total. The quantitative estimate of drug-likeness (QED) is 0.790. The summed E-state index contributed by atoms with van der Waals surface area (Å²) in [7, 11) is 3.03. The fourth-order valence-corrected chi connectivity index (χ4v) is 1.72. The molecule has 0 heterocycles. The van der Waals surface area contributed by atoms with Crippen molar-refractivity contribution in [2.45, 2.75) is 26.3 Å². The Morgan fingerprint density at radius 1 is 1.22 bits per heavy atom. The van der Waals surface area contributed by atoms with Crippen molar-refractivity contribution in [1.29, 1.82) is 0 Å². The van der Waals surface area contributed by atoms with E-state index >= 15 is 0 Å². The molecule has 0 radical (unpaired) electrons. The van der Waals surface area contributed by atoms with Gasteiger partial charge >= 0.3 is 5.97 Å². The fourth-order valence-electron chi connectivity index (χ4n) is 1.72. The molecule has 0 aromatic heterocycles. The van der Waals surface area contributed by atoms with Crippen LogP contribution in [0.25, 0.3) is 0 Å². The molecule has 1 aromatic carbocycles. The van der Waals surface area contributed by atoms with Crippen molar-refractivity contribution in [3.05, 3.63) is 24.3 Å². The van der Waals surface area contributed by atoms with E-state index in [4.69, 9.17) is 9.47 Å². The number of benzene rings is 1. The number of carbonyl (C=O) groups is 1. The zero-order valence-corrected chi connectivity index (χ0v) is 11.4. The number of rotatable bonds is 6.